The number of hydrogen-bond donors (Lipinski definition) is 1. The van der Waals surface area contributed by atoms with E-state index in [0.717, 1.165) is 24.8 Å². The number of piperazine rings is 1. The molecule has 0 unspecified atom stereocenters. The molecule has 0 spiro atoms. The van der Waals surface area contributed by atoms with Crippen LogP contribution in [0.3, 0.4) is 0 Å². The summed E-state index contributed by atoms with van der Waals surface area (Å²) in [7, 11) is -3.88. The first-order valence-electron chi connectivity index (χ1n) is 9.83. The fourth-order valence-corrected chi connectivity index (χ4v) is 4.07. The Balaban J connectivity index is 1.65. The zero-order valence-electron chi connectivity index (χ0n) is 17.2. The number of hydrogen-bond acceptors (Lipinski definition) is 5. The molecule has 0 aliphatic carbocycles. The number of benzene rings is 2. The maximum atomic E-state index is 14.6. The first kappa shape index (κ1) is 23.4. The van der Waals surface area contributed by atoms with E-state index in [9.17, 15) is 22.0 Å². The van der Waals surface area contributed by atoms with Crippen molar-refractivity contribution in [2.45, 2.75) is 25.6 Å². The van der Waals surface area contributed by atoms with Gasteiger partial charge in [0, 0.05) is 43.4 Å². The van der Waals surface area contributed by atoms with Crippen LogP contribution in [0, 0.1) is 11.6 Å². The Kier molecular flexibility index (Phi) is 7.18. The number of carbonyl (C=O) groups excluding carboxylic acids is 1. The summed E-state index contributed by atoms with van der Waals surface area (Å²) in [5.74, 6) is -2.16. The van der Waals surface area contributed by atoms with Crippen molar-refractivity contribution in [2.75, 3.05) is 31.1 Å². The van der Waals surface area contributed by atoms with Gasteiger partial charge in [0.05, 0.1) is 10.8 Å². The van der Waals surface area contributed by atoms with Crippen molar-refractivity contribution in [1.29, 1.82) is 0 Å². The summed E-state index contributed by atoms with van der Waals surface area (Å²) < 4.78 is 53.3. The lowest BCUT2D eigenvalue weighted by Crippen LogP contribution is -2.46. The van der Waals surface area contributed by atoms with Crippen LogP contribution >= 0.6 is 11.6 Å². The number of rotatable bonds is 6. The average Bonchev–Trinajstić information content (AvgIpc) is 2.71. The van der Waals surface area contributed by atoms with E-state index in [-0.39, 0.29) is 10.8 Å². The number of halogens is 3. The number of anilines is 1. The van der Waals surface area contributed by atoms with Gasteiger partial charge in [-0.1, -0.05) is 11.6 Å². The fraction of sp³-hybridized carbons (Fsp3) is 0.381. The molecule has 2 aromatic rings. The lowest BCUT2D eigenvalue weighted by Gasteiger charge is -2.36. The third-order valence-electron chi connectivity index (χ3n) is 5.19. The molecule has 10 heteroatoms. The maximum absolute atomic E-state index is 14.6. The minimum atomic E-state index is -3.88. The minimum absolute atomic E-state index is 0.189. The van der Waals surface area contributed by atoms with Crippen LogP contribution in [0.5, 0.6) is 0 Å². The van der Waals surface area contributed by atoms with Crippen molar-refractivity contribution in [1.82, 2.24) is 9.62 Å². The van der Waals surface area contributed by atoms with Crippen LogP contribution in [-0.4, -0.2) is 50.7 Å². The van der Waals surface area contributed by atoms with E-state index in [1.165, 1.54) is 32.0 Å². The normalized spacial score (nSPS) is 15.4. The fourth-order valence-electron chi connectivity index (χ4n) is 3.24. The van der Waals surface area contributed by atoms with Crippen LogP contribution in [-0.2, 0) is 16.6 Å². The molecule has 0 aromatic heterocycles. The summed E-state index contributed by atoms with van der Waals surface area (Å²) in [6.07, 6.45) is 0. The highest BCUT2D eigenvalue weighted by Gasteiger charge is 2.24. The average molecular weight is 472 g/mol. The quantitative estimate of drug-likeness (QED) is 0.699. The molecular formula is C21H24ClF2N3O3S. The maximum Gasteiger partial charge on any atom is 0.267 e. The minimum Gasteiger partial charge on any atom is -0.369 e. The predicted molar refractivity (Wildman–Crippen MR) is 117 cm³/mol. The summed E-state index contributed by atoms with van der Waals surface area (Å²) in [6.45, 7) is 6.06. The van der Waals surface area contributed by atoms with Gasteiger partial charge in [-0.3, -0.25) is 9.69 Å². The number of amides is 1. The standard InChI is InChI=1S/C21H24ClF2N3O3S/c1-14(2)31(29,30)25-21(28)18-12-19(22)15(11-20(18)24)13-26-7-9-27(10-8-26)17-5-3-16(23)4-6-17/h3-6,11-12,14H,7-10,13H2,1-2H3,(H,25,28). The van der Waals surface area contributed by atoms with E-state index >= 15 is 0 Å². The Labute approximate surface area is 185 Å². The molecule has 1 N–H and O–H groups in total. The summed E-state index contributed by atoms with van der Waals surface area (Å²) in [5.41, 5.74) is 1.04. The van der Waals surface area contributed by atoms with Crippen molar-refractivity contribution in [3.8, 4) is 0 Å². The molecule has 31 heavy (non-hydrogen) atoms. The van der Waals surface area contributed by atoms with Gasteiger partial charge in [-0.05, 0) is 55.8 Å². The topological polar surface area (TPSA) is 69.7 Å². The van der Waals surface area contributed by atoms with Crippen molar-refractivity contribution in [2.24, 2.45) is 0 Å². The molecule has 1 aliphatic rings. The summed E-state index contributed by atoms with van der Waals surface area (Å²) in [6, 6.07) is 8.65. The predicted octanol–water partition coefficient (Wildman–Crippen LogP) is 3.41. The second kappa shape index (κ2) is 9.50. The van der Waals surface area contributed by atoms with Gasteiger partial charge in [0.1, 0.15) is 11.6 Å². The second-order valence-electron chi connectivity index (χ2n) is 7.69. The highest BCUT2D eigenvalue weighted by molar-refractivity contribution is 7.90. The number of nitrogens with one attached hydrogen (secondary N) is 1. The van der Waals surface area contributed by atoms with Crippen molar-refractivity contribution in [3.63, 3.8) is 0 Å². The van der Waals surface area contributed by atoms with Crippen LogP contribution in [0.1, 0.15) is 29.8 Å². The van der Waals surface area contributed by atoms with E-state index in [0.29, 0.717) is 25.2 Å². The Morgan fingerprint density at radius 3 is 2.29 bits per heavy atom. The molecule has 1 saturated heterocycles. The van der Waals surface area contributed by atoms with Crippen LogP contribution in [0.2, 0.25) is 5.02 Å². The highest BCUT2D eigenvalue weighted by Crippen LogP contribution is 2.24. The Morgan fingerprint density at radius 1 is 1.10 bits per heavy atom. The highest BCUT2D eigenvalue weighted by atomic mass is 35.5. The Bertz CT molecular complexity index is 1050. The molecule has 1 amide bonds. The van der Waals surface area contributed by atoms with Crippen LogP contribution in [0.25, 0.3) is 0 Å². The number of carbonyl (C=O) groups is 1. The molecular weight excluding hydrogens is 448 g/mol. The Hall–Kier alpha value is -2.23. The molecule has 1 fully saturated rings. The molecule has 0 atom stereocenters. The molecule has 1 heterocycles. The molecule has 2 aromatic carbocycles. The van der Waals surface area contributed by atoms with Crippen LogP contribution < -0.4 is 9.62 Å². The number of nitrogens with zero attached hydrogens (tertiary/aromatic N) is 2. The first-order chi connectivity index (χ1) is 14.6. The van der Waals surface area contributed by atoms with E-state index in [4.69, 9.17) is 11.6 Å². The molecule has 6 nitrogen and oxygen atoms in total. The molecule has 0 bridgehead atoms. The third kappa shape index (κ3) is 5.72. The van der Waals surface area contributed by atoms with Gasteiger partial charge in [-0.2, -0.15) is 0 Å². The molecule has 1 aliphatic heterocycles. The van der Waals surface area contributed by atoms with Crippen molar-refractivity contribution in [3.05, 3.63) is 64.2 Å². The van der Waals surface area contributed by atoms with Crippen molar-refractivity contribution >= 4 is 33.2 Å². The van der Waals surface area contributed by atoms with Gasteiger partial charge in [0.2, 0.25) is 10.0 Å². The zero-order valence-corrected chi connectivity index (χ0v) is 18.8. The number of sulfonamides is 1. The SMILES string of the molecule is CC(C)S(=O)(=O)NC(=O)c1cc(Cl)c(CN2CCN(c3ccc(F)cc3)CC2)cc1F. The molecule has 0 radical (unpaired) electrons. The molecule has 168 valence electrons. The summed E-state index contributed by atoms with van der Waals surface area (Å²) in [5, 5.41) is -0.641. The van der Waals surface area contributed by atoms with Gasteiger partial charge in [0.15, 0.2) is 0 Å². The van der Waals surface area contributed by atoms with E-state index in [1.54, 1.807) is 12.1 Å². The largest absolute Gasteiger partial charge is 0.369 e. The smallest absolute Gasteiger partial charge is 0.267 e. The second-order valence-corrected chi connectivity index (χ2v) is 10.3. The monoisotopic (exact) mass is 471 g/mol. The summed E-state index contributed by atoms with van der Waals surface area (Å²) >= 11 is 6.27. The van der Waals surface area contributed by atoms with E-state index < -0.39 is 32.6 Å². The van der Waals surface area contributed by atoms with Gasteiger partial charge >= 0.3 is 0 Å². The van der Waals surface area contributed by atoms with Crippen molar-refractivity contribution < 1.29 is 22.0 Å². The van der Waals surface area contributed by atoms with Crippen LogP contribution in [0.15, 0.2) is 36.4 Å². The third-order valence-corrected chi connectivity index (χ3v) is 7.26. The lowest BCUT2D eigenvalue weighted by molar-refractivity contribution is 0.0977. The molecule has 3 rings (SSSR count). The first-order valence-corrected chi connectivity index (χ1v) is 11.8. The van der Waals surface area contributed by atoms with E-state index in [1.807, 2.05) is 4.72 Å². The zero-order chi connectivity index (χ0) is 22.8. The van der Waals surface area contributed by atoms with E-state index in [2.05, 4.69) is 9.80 Å². The van der Waals surface area contributed by atoms with Gasteiger partial charge in [-0.25, -0.2) is 21.9 Å². The molecule has 0 saturated carbocycles. The van der Waals surface area contributed by atoms with Gasteiger partial charge < -0.3 is 4.90 Å². The lowest BCUT2D eigenvalue weighted by atomic mass is 10.1. The Morgan fingerprint density at radius 2 is 1.71 bits per heavy atom. The van der Waals surface area contributed by atoms with Crippen LogP contribution in [0.4, 0.5) is 14.5 Å². The van der Waals surface area contributed by atoms with Gasteiger partial charge in [-0.15, -0.1) is 0 Å². The van der Waals surface area contributed by atoms with Gasteiger partial charge in [0.25, 0.3) is 5.91 Å². The summed E-state index contributed by atoms with van der Waals surface area (Å²) in [4.78, 5) is 16.4.